The highest BCUT2D eigenvalue weighted by Gasteiger charge is 2.07. The van der Waals surface area contributed by atoms with Crippen molar-refractivity contribution in [2.24, 2.45) is 5.10 Å². The first-order valence-electron chi connectivity index (χ1n) is 9.14. The highest BCUT2D eigenvalue weighted by Crippen LogP contribution is 2.27. The molecule has 2 N–H and O–H groups in total. The quantitative estimate of drug-likeness (QED) is 0.291. The van der Waals surface area contributed by atoms with Crippen LogP contribution in [0.3, 0.4) is 0 Å². The van der Waals surface area contributed by atoms with Crippen molar-refractivity contribution in [1.29, 1.82) is 0 Å². The SMILES string of the molecule is O=C(NN=Cc1ccc(Cl)cc1)c1ccc(Nc2nc(-c3ccccc3)cs2)cc1. The zero-order chi connectivity index (χ0) is 20.8. The maximum absolute atomic E-state index is 12.2. The Balaban J connectivity index is 1.35. The molecule has 1 aromatic heterocycles. The number of rotatable bonds is 6. The minimum Gasteiger partial charge on any atom is -0.332 e. The molecule has 148 valence electrons. The first kappa shape index (κ1) is 19.8. The van der Waals surface area contributed by atoms with Gasteiger partial charge in [-0.3, -0.25) is 4.79 Å². The van der Waals surface area contributed by atoms with E-state index in [0.29, 0.717) is 10.6 Å². The predicted octanol–water partition coefficient (Wildman–Crippen LogP) is 5.97. The molecule has 5 nitrogen and oxygen atoms in total. The van der Waals surface area contributed by atoms with Crippen LogP contribution in [0.1, 0.15) is 15.9 Å². The van der Waals surface area contributed by atoms with Crippen molar-refractivity contribution < 1.29 is 4.79 Å². The van der Waals surface area contributed by atoms with Gasteiger partial charge in [-0.05, 0) is 42.0 Å². The van der Waals surface area contributed by atoms with E-state index in [1.807, 2.05) is 60.0 Å². The van der Waals surface area contributed by atoms with Crippen molar-refractivity contribution in [2.45, 2.75) is 0 Å². The number of nitrogens with one attached hydrogen (secondary N) is 2. The fourth-order valence-electron chi connectivity index (χ4n) is 2.68. The van der Waals surface area contributed by atoms with Crippen LogP contribution in [0.5, 0.6) is 0 Å². The molecular formula is C23H17ClN4OS. The summed E-state index contributed by atoms with van der Waals surface area (Å²) in [5.41, 5.74) is 6.73. The van der Waals surface area contributed by atoms with E-state index in [0.717, 1.165) is 27.6 Å². The van der Waals surface area contributed by atoms with E-state index in [1.165, 1.54) is 11.3 Å². The number of nitrogens with zero attached hydrogens (tertiary/aromatic N) is 2. The molecule has 0 fully saturated rings. The van der Waals surface area contributed by atoms with E-state index in [9.17, 15) is 4.79 Å². The van der Waals surface area contributed by atoms with Crippen LogP contribution >= 0.6 is 22.9 Å². The summed E-state index contributed by atoms with van der Waals surface area (Å²) in [6.07, 6.45) is 1.57. The van der Waals surface area contributed by atoms with E-state index < -0.39 is 0 Å². The van der Waals surface area contributed by atoms with E-state index in [1.54, 1.807) is 30.5 Å². The van der Waals surface area contributed by atoms with Crippen LogP contribution in [0, 0.1) is 0 Å². The predicted molar refractivity (Wildman–Crippen MR) is 124 cm³/mol. The van der Waals surface area contributed by atoms with E-state index in [4.69, 9.17) is 11.6 Å². The van der Waals surface area contributed by atoms with Crippen molar-refractivity contribution in [1.82, 2.24) is 10.4 Å². The Hall–Kier alpha value is -3.48. The normalized spacial score (nSPS) is 10.8. The molecule has 1 heterocycles. The second kappa shape index (κ2) is 9.35. The molecule has 0 saturated carbocycles. The van der Waals surface area contributed by atoms with Crippen molar-refractivity contribution in [3.63, 3.8) is 0 Å². The van der Waals surface area contributed by atoms with Crippen molar-refractivity contribution >= 4 is 45.9 Å². The lowest BCUT2D eigenvalue weighted by Gasteiger charge is -2.04. The van der Waals surface area contributed by atoms with E-state index in [-0.39, 0.29) is 5.91 Å². The number of hydrogen-bond acceptors (Lipinski definition) is 5. The summed E-state index contributed by atoms with van der Waals surface area (Å²) >= 11 is 7.38. The minimum atomic E-state index is -0.285. The van der Waals surface area contributed by atoms with Gasteiger partial charge in [0.25, 0.3) is 5.91 Å². The van der Waals surface area contributed by atoms with Gasteiger partial charge in [0, 0.05) is 27.2 Å². The van der Waals surface area contributed by atoms with Crippen LogP contribution in [-0.4, -0.2) is 17.1 Å². The summed E-state index contributed by atoms with van der Waals surface area (Å²) in [5, 5.41) is 10.7. The number of carbonyl (C=O) groups is 1. The molecule has 7 heteroatoms. The van der Waals surface area contributed by atoms with E-state index in [2.05, 4.69) is 20.8 Å². The average Bonchev–Trinajstić information content (AvgIpc) is 3.25. The number of amides is 1. The first-order chi connectivity index (χ1) is 14.7. The maximum atomic E-state index is 12.2. The third-order valence-electron chi connectivity index (χ3n) is 4.22. The van der Waals surface area contributed by atoms with Crippen LogP contribution in [0.15, 0.2) is 89.3 Å². The number of hydrogen-bond donors (Lipinski definition) is 2. The summed E-state index contributed by atoms with van der Waals surface area (Å²) in [5.74, 6) is -0.285. The third-order valence-corrected chi connectivity index (χ3v) is 5.23. The number of thiazole rings is 1. The van der Waals surface area contributed by atoms with Crippen LogP contribution < -0.4 is 10.7 Å². The van der Waals surface area contributed by atoms with Crippen LogP contribution in [0.25, 0.3) is 11.3 Å². The molecule has 1 amide bonds. The molecule has 0 aliphatic rings. The number of anilines is 2. The topological polar surface area (TPSA) is 66.4 Å². The molecule has 3 aromatic carbocycles. The molecule has 4 rings (SSSR count). The Morgan fingerprint density at radius 3 is 2.43 bits per heavy atom. The zero-order valence-electron chi connectivity index (χ0n) is 15.7. The lowest BCUT2D eigenvalue weighted by atomic mass is 10.2. The zero-order valence-corrected chi connectivity index (χ0v) is 17.3. The van der Waals surface area contributed by atoms with Gasteiger partial charge in [-0.15, -0.1) is 11.3 Å². The van der Waals surface area contributed by atoms with Gasteiger partial charge >= 0.3 is 0 Å². The summed E-state index contributed by atoms with van der Waals surface area (Å²) in [6.45, 7) is 0. The molecule has 30 heavy (non-hydrogen) atoms. The van der Waals surface area contributed by atoms with Gasteiger partial charge in [-0.1, -0.05) is 54.1 Å². The fraction of sp³-hybridized carbons (Fsp3) is 0. The van der Waals surface area contributed by atoms with Gasteiger partial charge in [0.15, 0.2) is 5.13 Å². The molecule has 0 radical (unpaired) electrons. The molecule has 0 aliphatic carbocycles. The second-order valence-corrected chi connectivity index (χ2v) is 7.65. The van der Waals surface area contributed by atoms with Gasteiger partial charge in [-0.25, -0.2) is 10.4 Å². The fourth-order valence-corrected chi connectivity index (χ4v) is 3.55. The van der Waals surface area contributed by atoms with Gasteiger partial charge < -0.3 is 5.32 Å². The summed E-state index contributed by atoms with van der Waals surface area (Å²) < 4.78 is 0. The number of hydrazone groups is 1. The minimum absolute atomic E-state index is 0.285. The number of benzene rings is 3. The third kappa shape index (κ3) is 5.11. The molecular weight excluding hydrogens is 416 g/mol. The highest BCUT2D eigenvalue weighted by molar-refractivity contribution is 7.14. The molecule has 0 bridgehead atoms. The summed E-state index contributed by atoms with van der Waals surface area (Å²) in [6, 6.07) is 24.3. The smallest absolute Gasteiger partial charge is 0.271 e. The molecule has 0 aliphatic heterocycles. The molecule has 0 spiro atoms. The average molecular weight is 433 g/mol. The lowest BCUT2D eigenvalue weighted by molar-refractivity contribution is 0.0955. The monoisotopic (exact) mass is 432 g/mol. The largest absolute Gasteiger partial charge is 0.332 e. The second-order valence-electron chi connectivity index (χ2n) is 6.36. The number of carbonyl (C=O) groups excluding carboxylic acids is 1. The Labute approximate surface area is 183 Å². The van der Waals surface area contributed by atoms with Crippen LogP contribution in [-0.2, 0) is 0 Å². The molecule has 0 unspecified atom stereocenters. The summed E-state index contributed by atoms with van der Waals surface area (Å²) in [4.78, 5) is 16.9. The molecule has 0 atom stereocenters. The Morgan fingerprint density at radius 2 is 1.70 bits per heavy atom. The standard InChI is InChI=1S/C23H17ClN4OS/c24-19-10-6-16(7-11-19)14-25-28-22(29)18-8-12-20(13-9-18)26-23-27-21(15-30-23)17-4-2-1-3-5-17/h1-15H,(H,26,27)(H,28,29). The Bertz CT molecular complexity index is 1160. The maximum Gasteiger partial charge on any atom is 0.271 e. The highest BCUT2D eigenvalue weighted by atomic mass is 35.5. The Morgan fingerprint density at radius 1 is 0.967 bits per heavy atom. The lowest BCUT2D eigenvalue weighted by Crippen LogP contribution is -2.17. The van der Waals surface area contributed by atoms with Crippen molar-refractivity contribution in [3.8, 4) is 11.3 Å². The van der Waals surface area contributed by atoms with Crippen LogP contribution in [0.4, 0.5) is 10.8 Å². The first-order valence-corrected chi connectivity index (χ1v) is 10.4. The molecule has 0 saturated heterocycles. The van der Waals surface area contributed by atoms with Crippen LogP contribution in [0.2, 0.25) is 5.02 Å². The van der Waals surface area contributed by atoms with Gasteiger partial charge in [0.1, 0.15) is 0 Å². The molecule has 4 aromatic rings. The van der Waals surface area contributed by atoms with Gasteiger partial charge in [0.05, 0.1) is 11.9 Å². The van der Waals surface area contributed by atoms with E-state index >= 15 is 0 Å². The van der Waals surface area contributed by atoms with Gasteiger partial charge in [-0.2, -0.15) is 5.10 Å². The summed E-state index contributed by atoms with van der Waals surface area (Å²) in [7, 11) is 0. The van der Waals surface area contributed by atoms with Crippen molar-refractivity contribution in [3.05, 3.63) is 100 Å². The number of aromatic nitrogens is 1. The van der Waals surface area contributed by atoms with Gasteiger partial charge in [0.2, 0.25) is 0 Å². The van der Waals surface area contributed by atoms with Crippen molar-refractivity contribution in [2.75, 3.05) is 5.32 Å². The number of halogens is 1. The Kier molecular flexibility index (Phi) is 6.17.